The maximum absolute atomic E-state index is 12.7. The van der Waals surface area contributed by atoms with Crippen LogP contribution in [0.2, 0.25) is 0 Å². The van der Waals surface area contributed by atoms with Crippen molar-refractivity contribution in [3.05, 3.63) is 95.6 Å². The van der Waals surface area contributed by atoms with Crippen LogP contribution in [0.15, 0.2) is 78.9 Å². The van der Waals surface area contributed by atoms with Crippen LogP contribution < -0.4 is 10.0 Å². The number of piperazine rings is 1. The predicted octanol–water partition coefficient (Wildman–Crippen LogP) is 3.63. The molecule has 1 heterocycles. The van der Waals surface area contributed by atoms with Gasteiger partial charge < -0.3 is 5.32 Å². The molecule has 8 heteroatoms. The van der Waals surface area contributed by atoms with Crippen LogP contribution in [0, 0.1) is 0 Å². The Morgan fingerprint density at radius 2 is 1.29 bits per heavy atom. The van der Waals surface area contributed by atoms with Crippen molar-refractivity contribution in [1.29, 1.82) is 0 Å². The molecule has 1 aliphatic heterocycles. The van der Waals surface area contributed by atoms with Crippen LogP contribution in [0.25, 0.3) is 0 Å². The SMILES string of the molecule is CS(=O)(=O)Nc1ccccc1C(=O)Nc1ccc(CN2CCN(Cc3ccccc3)CC2)cc1. The van der Waals surface area contributed by atoms with Crippen LogP contribution in [-0.4, -0.2) is 56.6 Å². The lowest BCUT2D eigenvalue weighted by molar-refractivity contribution is 0.102. The highest BCUT2D eigenvalue weighted by atomic mass is 32.2. The monoisotopic (exact) mass is 478 g/mol. The highest BCUT2D eigenvalue weighted by molar-refractivity contribution is 7.92. The number of carbonyl (C=O) groups is 1. The van der Waals surface area contributed by atoms with Gasteiger partial charge in [0, 0.05) is 45.0 Å². The van der Waals surface area contributed by atoms with Crippen molar-refractivity contribution in [3.63, 3.8) is 0 Å². The third-order valence-electron chi connectivity index (χ3n) is 5.80. The summed E-state index contributed by atoms with van der Waals surface area (Å²) in [7, 11) is -3.48. The molecular formula is C26H30N4O3S. The first-order chi connectivity index (χ1) is 16.4. The van der Waals surface area contributed by atoms with Gasteiger partial charge >= 0.3 is 0 Å². The fraction of sp³-hybridized carbons (Fsp3) is 0.269. The Hall–Kier alpha value is -3.20. The third kappa shape index (κ3) is 6.90. The second-order valence-electron chi connectivity index (χ2n) is 8.61. The van der Waals surface area contributed by atoms with Gasteiger partial charge in [0.05, 0.1) is 17.5 Å². The summed E-state index contributed by atoms with van der Waals surface area (Å²) in [6, 6.07) is 24.9. The fourth-order valence-electron chi connectivity index (χ4n) is 4.07. The Kier molecular flexibility index (Phi) is 7.62. The van der Waals surface area contributed by atoms with E-state index in [9.17, 15) is 13.2 Å². The number of benzene rings is 3. The minimum absolute atomic E-state index is 0.255. The average molecular weight is 479 g/mol. The second kappa shape index (κ2) is 10.8. The molecule has 178 valence electrons. The maximum atomic E-state index is 12.7. The summed E-state index contributed by atoms with van der Waals surface area (Å²) in [5.74, 6) is -0.367. The Bertz CT molecular complexity index is 1210. The molecule has 3 aromatic rings. The number of hydrogen-bond donors (Lipinski definition) is 2. The molecular weight excluding hydrogens is 448 g/mol. The number of nitrogens with zero attached hydrogens (tertiary/aromatic N) is 2. The van der Waals surface area contributed by atoms with Crippen molar-refractivity contribution in [2.75, 3.05) is 42.5 Å². The lowest BCUT2D eigenvalue weighted by Gasteiger charge is -2.34. The molecule has 0 radical (unpaired) electrons. The number of sulfonamides is 1. The van der Waals surface area contributed by atoms with Gasteiger partial charge in [-0.2, -0.15) is 0 Å². The standard InChI is InChI=1S/C26H30N4O3S/c1-34(32,33)28-25-10-6-5-9-24(25)26(31)27-23-13-11-22(12-14-23)20-30-17-15-29(16-18-30)19-21-7-3-2-4-8-21/h2-14,28H,15-20H2,1H3,(H,27,31). The molecule has 0 atom stereocenters. The molecule has 2 N–H and O–H groups in total. The van der Waals surface area contributed by atoms with E-state index in [1.165, 1.54) is 11.1 Å². The van der Waals surface area contributed by atoms with Crippen molar-refractivity contribution in [2.45, 2.75) is 13.1 Å². The largest absolute Gasteiger partial charge is 0.322 e. The molecule has 0 unspecified atom stereocenters. The zero-order valence-electron chi connectivity index (χ0n) is 19.3. The van der Waals surface area contributed by atoms with Crippen LogP contribution >= 0.6 is 0 Å². The molecule has 7 nitrogen and oxygen atoms in total. The summed E-state index contributed by atoms with van der Waals surface area (Å²) in [6.45, 7) is 6.00. The molecule has 0 aliphatic carbocycles. The smallest absolute Gasteiger partial charge is 0.257 e. The van der Waals surface area contributed by atoms with Gasteiger partial charge in [0.1, 0.15) is 0 Å². The number of nitrogens with one attached hydrogen (secondary N) is 2. The molecule has 0 saturated carbocycles. The van der Waals surface area contributed by atoms with Crippen LogP contribution in [0.5, 0.6) is 0 Å². The summed E-state index contributed by atoms with van der Waals surface area (Å²) in [5.41, 5.74) is 3.73. The van der Waals surface area contributed by atoms with E-state index in [1.807, 2.05) is 30.3 Å². The molecule has 1 aliphatic rings. The second-order valence-corrected chi connectivity index (χ2v) is 10.4. The molecule has 0 aromatic heterocycles. The number of carbonyl (C=O) groups excluding carboxylic acids is 1. The van der Waals surface area contributed by atoms with Crippen molar-refractivity contribution >= 4 is 27.3 Å². The molecule has 1 amide bonds. The van der Waals surface area contributed by atoms with Gasteiger partial charge in [0.25, 0.3) is 5.91 Å². The first-order valence-corrected chi connectivity index (χ1v) is 13.2. The Labute approximate surface area is 201 Å². The number of rotatable bonds is 8. The summed E-state index contributed by atoms with van der Waals surface area (Å²) < 4.78 is 25.6. The first-order valence-electron chi connectivity index (χ1n) is 11.3. The highest BCUT2D eigenvalue weighted by Crippen LogP contribution is 2.19. The van der Waals surface area contributed by atoms with E-state index in [0.29, 0.717) is 5.69 Å². The zero-order chi connectivity index (χ0) is 24.0. The summed E-state index contributed by atoms with van der Waals surface area (Å²) >= 11 is 0. The molecule has 3 aromatic carbocycles. The normalized spacial score (nSPS) is 15.1. The van der Waals surface area contributed by atoms with Crippen LogP contribution in [0.3, 0.4) is 0 Å². The van der Waals surface area contributed by atoms with Gasteiger partial charge in [-0.3, -0.25) is 19.3 Å². The summed E-state index contributed by atoms with van der Waals surface area (Å²) in [5, 5.41) is 2.85. The molecule has 0 bridgehead atoms. The summed E-state index contributed by atoms with van der Waals surface area (Å²) in [4.78, 5) is 17.7. The fourth-order valence-corrected chi connectivity index (χ4v) is 4.64. The van der Waals surface area contributed by atoms with Crippen LogP contribution in [0.4, 0.5) is 11.4 Å². The Morgan fingerprint density at radius 1 is 0.765 bits per heavy atom. The zero-order valence-corrected chi connectivity index (χ0v) is 20.1. The van der Waals surface area contributed by atoms with Gasteiger partial charge in [-0.15, -0.1) is 0 Å². The molecule has 1 saturated heterocycles. The van der Waals surface area contributed by atoms with E-state index in [-0.39, 0.29) is 17.2 Å². The van der Waals surface area contributed by atoms with Gasteiger partial charge in [0.2, 0.25) is 10.0 Å². The average Bonchev–Trinajstić information content (AvgIpc) is 2.81. The maximum Gasteiger partial charge on any atom is 0.257 e. The minimum Gasteiger partial charge on any atom is -0.322 e. The van der Waals surface area contributed by atoms with Gasteiger partial charge in [0.15, 0.2) is 0 Å². The highest BCUT2D eigenvalue weighted by Gasteiger charge is 2.17. The van der Waals surface area contributed by atoms with Crippen molar-refractivity contribution < 1.29 is 13.2 Å². The van der Waals surface area contributed by atoms with Crippen molar-refractivity contribution in [2.24, 2.45) is 0 Å². The van der Waals surface area contributed by atoms with Gasteiger partial charge in [-0.05, 0) is 35.4 Å². The topological polar surface area (TPSA) is 81.7 Å². The third-order valence-corrected chi connectivity index (χ3v) is 6.39. The van der Waals surface area contributed by atoms with Crippen molar-refractivity contribution in [3.8, 4) is 0 Å². The van der Waals surface area contributed by atoms with Crippen molar-refractivity contribution in [1.82, 2.24) is 9.80 Å². The van der Waals surface area contributed by atoms with E-state index < -0.39 is 10.0 Å². The van der Waals surface area contributed by atoms with E-state index in [2.05, 4.69) is 44.1 Å². The molecule has 4 rings (SSSR count). The summed E-state index contributed by atoms with van der Waals surface area (Å²) in [6.07, 6.45) is 1.06. The quantitative estimate of drug-likeness (QED) is 0.517. The Morgan fingerprint density at radius 3 is 1.88 bits per heavy atom. The van der Waals surface area contributed by atoms with Gasteiger partial charge in [-0.25, -0.2) is 8.42 Å². The molecule has 34 heavy (non-hydrogen) atoms. The molecule has 1 fully saturated rings. The number of amides is 1. The van der Waals surface area contributed by atoms with E-state index in [1.54, 1.807) is 24.3 Å². The number of anilines is 2. The number of para-hydroxylation sites is 1. The van der Waals surface area contributed by atoms with E-state index in [0.717, 1.165) is 45.5 Å². The van der Waals surface area contributed by atoms with Crippen LogP contribution in [0.1, 0.15) is 21.5 Å². The number of hydrogen-bond acceptors (Lipinski definition) is 5. The van der Waals surface area contributed by atoms with E-state index in [4.69, 9.17) is 0 Å². The minimum atomic E-state index is -3.48. The molecule has 0 spiro atoms. The first kappa shape index (κ1) is 23.9. The van der Waals surface area contributed by atoms with Crippen LogP contribution in [-0.2, 0) is 23.1 Å². The predicted molar refractivity (Wildman–Crippen MR) is 136 cm³/mol. The lowest BCUT2D eigenvalue weighted by atomic mass is 10.1. The lowest BCUT2D eigenvalue weighted by Crippen LogP contribution is -2.45. The van der Waals surface area contributed by atoms with E-state index >= 15 is 0 Å². The van der Waals surface area contributed by atoms with Gasteiger partial charge in [-0.1, -0.05) is 54.6 Å². The Balaban J connectivity index is 1.29.